The molecule has 0 unspecified atom stereocenters. The summed E-state index contributed by atoms with van der Waals surface area (Å²) in [6.45, 7) is 8.24. The molecule has 0 radical (unpaired) electrons. The molecule has 0 saturated carbocycles. The maximum Gasteiger partial charge on any atom is 0.241 e. The fourth-order valence-electron chi connectivity index (χ4n) is 3.27. The molecule has 3 rings (SSSR count). The van der Waals surface area contributed by atoms with E-state index in [0.29, 0.717) is 6.54 Å². The Hall–Kier alpha value is -1.69. The lowest BCUT2D eigenvalue weighted by Crippen LogP contribution is -2.58. The van der Waals surface area contributed by atoms with E-state index in [2.05, 4.69) is 27.1 Å². The summed E-state index contributed by atoms with van der Waals surface area (Å²) in [5.74, 6) is 2.02. The number of amides is 1. The fourth-order valence-corrected chi connectivity index (χ4v) is 3.27. The Balaban J connectivity index is 1.75. The van der Waals surface area contributed by atoms with Gasteiger partial charge in [-0.1, -0.05) is 6.92 Å². The van der Waals surface area contributed by atoms with Gasteiger partial charge in [-0.25, -0.2) is 9.97 Å². The van der Waals surface area contributed by atoms with Gasteiger partial charge in [0.1, 0.15) is 17.7 Å². The van der Waals surface area contributed by atoms with Gasteiger partial charge in [-0.2, -0.15) is 0 Å². The van der Waals surface area contributed by atoms with Crippen LogP contribution in [0.3, 0.4) is 0 Å². The van der Waals surface area contributed by atoms with Crippen molar-refractivity contribution in [2.24, 2.45) is 0 Å². The van der Waals surface area contributed by atoms with E-state index in [1.165, 1.54) is 0 Å². The van der Waals surface area contributed by atoms with Gasteiger partial charge in [0.15, 0.2) is 0 Å². The van der Waals surface area contributed by atoms with Crippen molar-refractivity contribution < 1.29 is 4.79 Å². The van der Waals surface area contributed by atoms with E-state index in [1.807, 2.05) is 18.0 Å². The van der Waals surface area contributed by atoms with E-state index < -0.39 is 0 Å². The number of aryl methyl sites for hydroxylation is 2. The molecule has 22 heavy (non-hydrogen) atoms. The first-order valence-electron chi connectivity index (χ1n) is 8.28. The monoisotopic (exact) mass is 303 g/mol. The number of nitrogens with zero attached hydrogens (tertiary/aromatic N) is 4. The second-order valence-corrected chi connectivity index (χ2v) is 6.10. The van der Waals surface area contributed by atoms with Gasteiger partial charge in [-0.3, -0.25) is 4.79 Å². The molecule has 0 spiro atoms. The van der Waals surface area contributed by atoms with Gasteiger partial charge in [0.05, 0.1) is 0 Å². The molecule has 2 saturated heterocycles. The highest BCUT2D eigenvalue weighted by Gasteiger charge is 2.31. The number of nitrogens with one attached hydrogen (secondary N) is 1. The number of rotatable bonds is 3. The Morgan fingerprint density at radius 1 is 1.36 bits per heavy atom. The molecule has 0 bridgehead atoms. The smallest absolute Gasteiger partial charge is 0.241 e. The molecule has 2 aliphatic rings. The lowest BCUT2D eigenvalue weighted by atomic mass is 10.1. The lowest BCUT2D eigenvalue weighted by molar-refractivity contribution is -0.132. The predicted molar refractivity (Wildman–Crippen MR) is 86.0 cm³/mol. The zero-order chi connectivity index (χ0) is 15.5. The highest BCUT2D eigenvalue weighted by molar-refractivity contribution is 5.83. The Bertz CT molecular complexity index is 541. The summed E-state index contributed by atoms with van der Waals surface area (Å²) in [5, 5.41) is 3.37. The van der Waals surface area contributed by atoms with Crippen molar-refractivity contribution in [3.8, 4) is 0 Å². The zero-order valence-electron chi connectivity index (χ0n) is 13.5. The summed E-state index contributed by atoms with van der Waals surface area (Å²) < 4.78 is 0. The molecule has 120 valence electrons. The summed E-state index contributed by atoms with van der Waals surface area (Å²) in [6.07, 6.45) is 5.09. The third-order valence-electron chi connectivity index (χ3n) is 4.53. The minimum atomic E-state index is -0.119. The predicted octanol–water partition coefficient (Wildman–Crippen LogP) is 0.748. The zero-order valence-corrected chi connectivity index (χ0v) is 13.5. The average Bonchev–Trinajstić information content (AvgIpc) is 3.08. The molecule has 1 aromatic heterocycles. The normalized spacial score (nSPS) is 22.2. The van der Waals surface area contributed by atoms with Crippen LogP contribution in [-0.4, -0.2) is 59.5 Å². The molecule has 1 N–H and O–H groups in total. The van der Waals surface area contributed by atoms with Gasteiger partial charge in [0.25, 0.3) is 0 Å². The van der Waals surface area contributed by atoms with Crippen LogP contribution in [0.1, 0.15) is 31.2 Å². The van der Waals surface area contributed by atoms with Crippen LogP contribution in [0.4, 0.5) is 5.82 Å². The third kappa shape index (κ3) is 3.06. The minimum Gasteiger partial charge on any atom is -0.353 e. The Morgan fingerprint density at radius 2 is 2.14 bits per heavy atom. The van der Waals surface area contributed by atoms with Crippen molar-refractivity contribution in [2.45, 2.75) is 39.2 Å². The quantitative estimate of drug-likeness (QED) is 0.893. The Morgan fingerprint density at radius 3 is 2.86 bits per heavy atom. The molecule has 6 nitrogen and oxygen atoms in total. The van der Waals surface area contributed by atoms with E-state index in [-0.39, 0.29) is 11.9 Å². The van der Waals surface area contributed by atoms with Gasteiger partial charge in [-0.05, 0) is 26.2 Å². The van der Waals surface area contributed by atoms with Crippen LogP contribution < -0.4 is 10.2 Å². The number of carbonyl (C=O) groups is 1. The molecular formula is C16H25N5O. The number of piperazine rings is 1. The van der Waals surface area contributed by atoms with Crippen molar-refractivity contribution in [3.63, 3.8) is 0 Å². The van der Waals surface area contributed by atoms with Crippen molar-refractivity contribution in [1.82, 2.24) is 20.2 Å². The maximum absolute atomic E-state index is 12.6. The van der Waals surface area contributed by atoms with Gasteiger partial charge in [0.2, 0.25) is 5.91 Å². The maximum atomic E-state index is 12.6. The number of likely N-dealkylation sites (tertiary alicyclic amines) is 1. The molecule has 1 amide bonds. The first-order chi connectivity index (χ1) is 10.7. The highest BCUT2D eigenvalue weighted by atomic mass is 16.2. The number of aromatic nitrogens is 2. The molecule has 0 aromatic carbocycles. The van der Waals surface area contributed by atoms with E-state index in [0.717, 1.165) is 62.6 Å². The second-order valence-electron chi connectivity index (χ2n) is 6.10. The third-order valence-corrected chi connectivity index (χ3v) is 4.53. The first kappa shape index (κ1) is 15.2. The van der Waals surface area contributed by atoms with Gasteiger partial charge < -0.3 is 15.1 Å². The van der Waals surface area contributed by atoms with E-state index in [1.54, 1.807) is 0 Å². The lowest BCUT2D eigenvalue weighted by Gasteiger charge is -2.36. The standard InChI is InChI=1S/C16H25N5O/c1-3-13-10-18-12(2)19-15(13)21-9-6-17-14(11-21)16(22)20-7-4-5-8-20/h10,14,17H,3-9,11H2,1-2H3/t14-/m0/s1. The number of anilines is 1. The largest absolute Gasteiger partial charge is 0.353 e. The minimum absolute atomic E-state index is 0.119. The van der Waals surface area contributed by atoms with Crippen LogP contribution in [-0.2, 0) is 11.2 Å². The SMILES string of the molecule is CCc1cnc(C)nc1N1CCN[C@H](C(=O)N2CCCC2)C1. The summed E-state index contributed by atoms with van der Waals surface area (Å²) in [6, 6.07) is -0.119. The van der Waals surface area contributed by atoms with Crippen LogP contribution >= 0.6 is 0 Å². The molecule has 2 aliphatic heterocycles. The van der Waals surface area contributed by atoms with Crippen LogP contribution in [0.25, 0.3) is 0 Å². The van der Waals surface area contributed by atoms with E-state index in [9.17, 15) is 4.79 Å². The summed E-state index contributed by atoms with van der Waals surface area (Å²) in [4.78, 5) is 25.7. The molecule has 0 aliphatic carbocycles. The van der Waals surface area contributed by atoms with Crippen LogP contribution in [0.15, 0.2) is 6.20 Å². The van der Waals surface area contributed by atoms with Crippen LogP contribution in [0.5, 0.6) is 0 Å². The number of hydrogen-bond acceptors (Lipinski definition) is 5. The average molecular weight is 303 g/mol. The molecule has 3 heterocycles. The summed E-state index contributed by atoms with van der Waals surface area (Å²) in [7, 11) is 0. The summed E-state index contributed by atoms with van der Waals surface area (Å²) >= 11 is 0. The second kappa shape index (κ2) is 6.60. The van der Waals surface area contributed by atoms with E-state index >= 15 is 0 Å². The van der Waals surface area contributed by atoms with Crippen molar-refractivity contribution in [2.75, 3.05) is 37.6 Å². The molecule has 6 heteroatoms. The fraction of sp³-hybridized carbons (Fsp3) is 0.688. The van der Waals surface area contributed by atoms with E-state index in [4.69, 9.17) is 0 Å². The Kier molecular flexibility index (Phi) is 4.57. The van der Waals surface area contributed by atoms with Gasteiger partial charge in [0, 0.05) is 44.5 Å². The Labute approximate surface area is 131 Å². The molecule has 2 fully saturated rings. The molecular weight excluding hydrogens is 278 g/mol. The van der Waals surface area contributed by atoms with Crippen LogP contribution in [0, 0.1) is 6.92 Å². The van der Waals surface area contributed by atoms with Crippen molar-refractivity contribution >= 4 is 11.7 Å². The van der Waals surface area contributed by atoms with Crippen molar-refractivity contribution in [1.29, 1.82) is 0 Å². The van der Waals surface area contributed by atoms with Gasteiger partial charge >= 0.3 is 0 Å². The number of carbonyl (C=O) groups excluding carboxylic acids is 1. The number of hydrogen-bond donors (Lipinski definition) is 1. The topological polar surface area (TPSA) is 61.4 Å². The first-order valence-corrected chi connectivity index (χ1v) is 8.28. The van der Waals surface area contributed by atoms with Crippen molar-refractivity contribution in [3.05, 3.63) is 17.6 Å². The van der Waals surface area contributed by atoms with Gasteiger partial charge in [-0.15, -0.1) is 0 Å². The molecule has 1 atom stereocenters. The van der Waals surface area contributed by atoms with Crippen LogP contribution in [0.2, 0.25) is 0 Å². The summed E-state index contributed by atoms with van der Waals surface area (Å²) in [5.41, 5.74) is 1.15. The molecule has 1 aromatic rings. The highest BCUT2D eigenvalue weighted by Crippen LogP contribution is 2.20.